The smallest absolute Gasteiger partial charge is 0.255 e. The van der Waals surface area contributed by atoms with E-state index in [-0.39, 0.29) is 11.9 Å². The summed E-state index contributed by atoms with van der Waals surface area (Å²) in [4.78, 5) is 24.8. The van der Waals surface area contributed by atoms with E-state index in [1.807, 2.05) is 23.6 Å². The summed E-state index contributed by atoms with van der Waals surface area (Å²) >= 11 is 1.63. The van der Waals surface area contributed by atoms with Crippen molar-refractivity contribution in [1.82, 2.24) is 24.9 Å². The molecule has 1 fully saturated rings. The van der Waals surface area contributed by atoms with Crippen LogP contribution in [0.1, 0.15) is 34.5 Å². The third-order valence-corrected chi connectivity index (χ3v) is 7.71. The molecule has 210 valence electrons. The Kier molecular flexibility index (Phi) is 8.59. The van der Waals surface area contributed by atoms with Crippen molar-refractivity contribution in [2.45, 2.75) is 37.4 Å². The van der Waals surface area contributed by atoms with Gasteiger partial charge in [-0.3, -0.25) is 4.79 Å². The first kappa shape index (κ1) is 27.6. The molecule has 1 unspecified atom stereocenters. The predicted octanol–water partition coefficient (Wildman–Crippen LogP) is 4.19. The first-order valence-corrected chi connectivity index (χ1v) is 14.2. The van der Waals surface area contributed by atoms with E-state index in [1.54, 1.807) is 23.9 Å². The summed E-state index contributed by atoms with van der Waals surface area (Å²) in [6, 6.07) is 15.7. The Morgan fingerprint density at radius 3 is 2.50 bits per heavy atom. The summed E-state index contributed by atoms with van der Waals surface area (Å²) in [7, 11) is 4.61. The standard InChI is InChI=1S/C29H34N6O4S/c1-19-15-25(35-28(30-19)32-29(33-35)40-14-12-20-9-6-5-7-10-20)34-13-8-11-22(18-34)31-27(36)21-16-23(37-2)26(39-4)24(17-21)38-3/h5-7,9-10,15-17,22H,8,11-14,18H2,1-4H3,(H,31,36). The highest BCUT2D eigenvalue weighted by Crippen LogP contribution is 2.38. The number of nitrogens with zero attached hydrogens (tertiary/aromatic N) is 5. The lowest BCUT2D eigenvalue weighted by molar-refractivity contribution is 0.0932. The minimum atomic E-state index is -0.194. The summed E-state index contributed by atoms with van der Waals surface area (Å²) in [5, 5.41) is 8.68. The number of nitrogens with one attached hydrogen (secondary N) is 1. The van der Waals surface area contributed by atoms with E-state index in [9.17, 15) is 4.79 Å². The topological polar surface area (TPSA) is 103 Å². The SMILES string of the molecule is COc1cc(C(=O)NC2CCCN(c3cc(C)nc4nc(SCCc5ccccc5)nn34)C2)cc(OC)c1OC. The Labute approximate surface area is 238 Å². The molecule has 0 aliphatic carbocycles. The molecule has 1 aliphatic rings. The normalized spacial score (nSPS) is 15.2. The van der Waals surface area contributed by atoms with Gasteiger partial charge in [0.25, 0.3) is 11.7 Å². The number of anilines is 1. The summed E-state index contributed by atoms with van der Waals surface area (Å²) in [5.74, 6) is 3.53. The zero-order valence-electron chi connectivity index (χ0n) is 23.2. The Balaban J connectivity index is 1.30. The molecular weight excluding hydrogens is 528 g/mol. The predicted molar refractivity (Wildman–Crippen MR) is 155 cm³/mol. The van der Waals surface area contributed by atoms with Crippen LogP contribution in [0.25, 0.3) is 5.78 Å². The fourth-order valence-electron chi connectivity index (χ4n) is 4.92. The highest BCUT2D eigenvalue weighted by molar-refractivity contribution is 7.99. The third-order valence-electron chi connectivity index (χ3n) is 6.87. The van der Waals surface area contributed by atoms with Gasteiger partial charge in [-0.2, -0.15) is 9.50 Å². The Morgan fingerprint density at radius 2 is 1.80 bits per heavy atom. The maximum atomic E-state index is 13.2. The number of amides is 1. The zero-order valence-corrected chi connectivity index (χ0v) is 24.0. The van der Waals surface area contributed by atoms with Gasteiger partial charge in [0.05, 0.1) is 21.3 Å². The lowest BCUT2D eigenvalue weighted by Gasteiger charge is -2.34. The number of rotatable bonds is 10. The summed E-state index contributed by atoms with van der Waals surface area (Å²) < 4.78 is 18.0. The molecule has 0 saturated carbocycles. The molecule has 40 heavy (non-hydrogen) atoms. The maximum absolute atomic E-state index is 13.2. The molecule has 3 heterocycles. The van der Waals surface area contributed by atoms with E-state index in [2.05, 4.69) is 44.5 Å². The minimum absolute atomic E-state index is 0.0490. The first-order valence-electron chi connectivity index (χ1n) is 13.3. The molecule has 2 aromatic heterocycles. The van der Waals surface area contributed by atoms with Gasteiger partial charge in [0.1, 0.15) is 5.82 Å². The monoisotopic (exact) mass is 562 g/mol. The van der Waals surface area contributed by atoms with Crippen LogP contribution >= 0.6 is 11.8 Å². The number of thioether (sulfide) groups is 1. The number of carbonyl (C=O) groups excluding carboxylic acids is 1. The van der Waals surface area contributed by atoms with Gasteiger partial charge in [-0.05, 0) is 43.9 Å². The van der Waals surface area contributed by atoms with Crippen LogP contribution in [0.3, 0.4) is 0 Å². The molecular formula is C29H34N6O4S. The number of methoxy groups -OCH3 is 3. The van der Waals surface area contributed by atoms with E-state index in [0.29, 0.717) is 40.3 Å². The van der Waals surface area contributed by atoms with Gasteiger partial charge in [0, 0.05) is 42.2 Å². The number of hydrogen-bond donors (Lipinski definition) is 1. The Bertz CT molecular complexity index is 1450. The molecule has 5 rings (SSSR count). The van der Waals surface area contributed by atoms with Crippen LogP contribution in [-0.4, -0.2) is 71.7 Å². The first-order chi connectivity index (χ1) is 19.5. The molecule has 1 amide bonds. The molecule has 1 atom stereocenters. The molecule has 4 aromatic rings. The van der Waals surface area contributed by atoms with E-state index >= 15 is 0 Å². The van der Waals surface area contributed by atoms with Crippen molar-refractivity contribution in [3.05, 3.63) is 65.4 Å². The van der Waals surface area contributed by atoms with Crippen LogP contribution < -0.4 is 24.4 Å². The van der Waals surface area contributed by atoms with Crippen LogP contribution in [-0.2, 0) is 6.42 Å². The van der Waals surface area contributed by atoms with Crippen molar-refractivity contribution < 1.29 is 19.0 Å². The summed E-state index contributed by atoms with van der Waals surface area (Å²) in [6.45, 7) is 3.46. The molecule has 1 aliphatic heterocycles. The van der Waals surface area contributed by atoms with Gasteiger partial charge in [0.15, 0.2) is 11.5 Å². The zero-order chi connectivity index (χ0) is 28.1. The van der Waals surface area contributed by atoms with Crippen LogP contribution in [0.4, 0.5) is 5.82 Å². The molecule has 0 spiro atoms. The lowest BCUT2D eigenvalue weighted by Crippen LogP contribution is -2.48. The highest BCUT2D eigenvalue weighted by Gasteiger charge is 2.26. The van der Waals surface area contributed by atoms with Crippen molar-refractivity contribution in [2.75, 3.05) is 45.1 Å². The molecule has 1 saturated heterocycles. The number of aryl methyl sites for hydroxylation is 2. The fourth-order valence-corrected chi connectivity index (χ4v) is 5.73. The van der Waals surface area contributed by atoms with Gasteiger partial charge in [0.2, 0.25) is 10.9 Å². The van der Waals surface area contributed by atoms with E-state index in [1.165, 1.54) is 26.9 Å². The third kappa shape index (κ3) is 6.09. The van der Waals surface area contributed by atoms with Crippen molar-refractivity contribution in [3.63, 3.8) is 0 Å². The molecule has 0 bridgehead atoms. The number of fused-ring (bicyclic) bond motifs is 1. The second-order valence-electron chi connectivity index (χ2n) is 9.62. The number of ether oxygens (including phenoxy) is 3. The minimum Gasteiger partial charge on any atom is -0.493 e. The van der Waals surface area contributed by atoms with E-state index in [4.69, 9.17) is 19.3 Å². The van der Waals surface area contributed by atoms with Crippen LogP contribution in [0.15, 0.2) is 53.7 Å². The number of benzene rings is 2. The average Bonchev–Trinajstić information content (AvgIpc) is 3.39. The largest absolute Gasteiger partial charge is 0.493 e. The number of carbonyl (C=O) groups is 1. The second-order valence-corrected chi connectivity index (χ2v) is 10.7. The average molecular weight is 563 g/mol. The maximum Gasteiger partial charge on any atom is 0.255 e. The molecule has 10 nitrogen and oxygen atoms in total. The van der Waals surface area contributed by atoms with Crippen LogP contribution in [0.2, 0.25) is 0 Å². The van der Waals surface area contributed by atoms with E-state index in [0.717, 1.165) is 43.1 Å². The van der Waals surface area contributed by atoms with Gasteiger partial charge in [-0.1, -0.05) is 42.1 Å². The highest BCUT2D eigenvalue weighted by atomic mass is 32.2. The fraction of sp³-hybridized carbons (Fsp3) is 0.379. The number of aromatic nitrogens is 4. The number of piperidine rings is 1. The van der Waals surface area contributed by atoms with Gasteiger partial charge in [-0.15, -0.1) is 5.10 Å². The van der Waals surface area contributed by atoms with Crippen molar-refractivity contribution in [3.8, 4) is 17.2 Å². The van der Waals surface area contributed by atoms with Crippen LogP contribution in [0.5, 0.6) is 17.2 Å². The van der Waals surface area contributed by atoms with Crippen molar-refractivity contribution in [2.24, 2.45) is 0 Å². The van der Waals surface area contributed by atoms with Crippen LogP contribution in [0, 0.1) is 6.92 Å². The second kappa shape index (κ2) is 12.5. The lowest BCUT2D eigenvalue weighted by atomic mass is 10.0. The Hall–Kier alpha value is -3.99. The van der Waals surface area contributed by atoms with Gasteiger partial charge >= 0.3 is 0 Å². The molecule has 11 heteroatoms. The summed E-state index contributed by atoms with van der Waals surface area (Å²) in [6.07, 6.45) is 2.74. The number of hydrogen-bond acceptors (Lipinski definition) is 9. The molecule has 1 N–H and O–H groups in total. The molecule has 2 aromatic carbocycles. The van der Waals surface area contributed by atoms with E-state index < -0.39 is 0 Å². The Morgan fingerprint density at radius 1 is 1.05 bits per heavy atom. The van der Waals surface area contributed by atoms with Gasteiger partial charge in [-0.25, -0.2) is 4.98 Å². The summed E-state index contributed by atoms with van der Waals surface area (Å²) in [5.41, 5.74) is 2.61. The molecule has 0 radical (unpaired) electrons. The van der Waals surface area contributed by atoms with Gasteiger partial charge < -0.3 is 24.4 Å². The van der Waals surface area contributed by atoms with Crippen molar-refractivity contribution in [1.29, 1.82) is 0 Å². The quantitative estimate of drug-likeness (QED) is 0.285. The van der Waals surface area contributed by atoms with Crippen molar-refractivity contribution >= 4 is 29.3 Å².